The summed E-state index contributed by atoms with van der Waals surface area (Å²) in [4.78, 5) is 16.8. The molecular formula is C16H11ClF2N4O2. The number of hydroxylamine groups is 1. The van der Waals surface area contributed by atoms with Crippen molar-refractivity contribution in [3.8, 4) is 0 Å². The minimum Gasteiger partial charge on any atom is -0.338 e. The number of carbonyl (C=O) groups excluding carboxylic acids is 1. The van der Waals surface area contributed by atoms with Crippen LogP contribution in [0.15, 0.2) is 42.1 Å². The van der Waals surface area contributed by atoms with Crippen LogP contribution < -0.4 is 5.48 Å². The van der Waals surface area contributed by atoms with Gasteiger partial charge in [0.25, 0.3) is 0 Å². The summed E-state index contributed by atoms with van der Waals surface area (Å²) in [6.07, 6.45) is 1.55. The number of allylic oxidation sites excluding steroid dienone is 1. The predicted molar refractivity (Wildman–Crippen MR) is 87.4 cm³/mol. The molecule has 9 heteroatoms. The summed E-state index contributed by atoms with van der Waals surface area (Å²) in [7, 11) is 0. The molecule has 1 N–H and O–H groups in total. The number of aromatic nitrogens is 3. The zero-order valence-electron chi connectivity index (χ0n) is 12.8. The molecule has 0 unspecified atom stereocenters. The third kappa shape index (κ3) is 3.58. The van der Waals surface area contributed by atoms with E-state index in [0.29, 0.717) is 23.3 Å². The van der Waals surface area contributed by atoms with Gasteiger partial charge in [-0.15, -0.1) is 5.10 Å². The smallest absolute Gasteiger partial charge is 0.338 e. The van der Waals surface area contributed by atoms with Crippen molar-refractivity contribution in [2.24, 2.45) is 0 Å². The number of fused-ring (bicyclic) bond motifs is 1. The van der Waals surface area contributed by atoms with Crippen molar-refractivity contribution in [2.45, 2.75) is 6.92 Å². The lowest BCUT2D eigenvalue weighted by atomic mass is 10.2. The molecule has 0 atom stereocenters. The molecule has 0 aliphatic rings. The van der Waals surface area contributed by atoms with Crippen molar-refractivity contribution in [3.05, 3.63) is 64.3 Å². The van der Waals surface area contributed by atoms with Gasteiger partial charge < -0.3 is 4.84 Å². The molecule has 1 heterocycles. The number of para-hydroxylation sites is 1. The highest BCUT2D eigenvalue weighted by Crippen LogP contribution is 2.20. The standard InChI is InChI=1S/C16H11ClF2N4O2/c1-9(8-23-15-5-3-2-4-14(15)20-22-23)21-25-16(24)10-6-12(18)13(19)7-11(10)17/h2-8,21H,1H3. The molecule has 0 amide bonds. The molecule has 0 spiro atoms. The summed E-state index contributed by atoms with van der Waals surface area (Å²) in [6.45, 7) is 1.62. The molecule has 1 aromatic heterocycles. The Balaban J connectivity index is 1.72. The van der Waals surface area contributed by atoms with Gasteiger partial charge in [-0.2, -0.15) is 0 Å². The predicted octanol–water partition coefficient (Wildman–Crippen LogP) is 3.54. The normalized spacial score (nSPS) is 11.6. The third-order valence-electron chi connectivity index (χ3n) is 3.23. The number of nitrogens with one attached hydrogen (secondary N) is 1. The van der Waals surface area contributed by atoms with Crippen molar-refractivity contribution < 1.29 is 18.4 Å². The topological polar surface area (TPSA) is 69.0 Å². The van der Waals surface area contributed by atoms with Gasteiger partial charge >= 0.3 is 5.97 Å². The average molecular weight is 365 g/mol. The van der Waals surface area contributed by atoms with E-state index in [4.69, 9.17) is 16.4 Å². The lowest BCUT2D eigenvalue weighted by molar-refractivity contribution is 0.0325. The largest absolute Gasteiger partial charge is 0.364 e. The number of rotatable bonds is 4. The van der Waals surface area contributed by atoms with E-state index in [1.165, 1.54) is 4.68 Å². The Morgan fingerprint density at radius 1 is 1.28 bits per heavy atom. The van der Waals surface area contributed by atoms with E-state index in [-0.39, 0.29) is 10.6 Å². The van der Waals surface area contributed by atoms with E-state index in [2.05, 4.69) is 15.8 Å². The van der Waals surface area contributed by atoms with Crippen LogP contribution in [0.2, 0.25) is 5.02 Å². The molecule has 2 aromatic carbocycles. The van der Waals surface area contributed by atoms with Crippen molar-refractivity contribution in [1.82, 2.24) is 20.5 Å². The van der Waals surface area contributed by atoms with Gasteiger partial charge in [0, 0.05) is 0 Å². The van der Waals surface area contributed by atoms with E-state index in [1.54, 1.807) is 19.2 Å². The lowest BCUT2D eigenvalue weighted by Gasteiger charge is -2.08. The molecular weight excluding hydrogens is 354 g/mol. The fourth-order valence-electron chi connectivity index (χ4n) is 2.05. The first-order chi connectivity index (χ1) is 12.0. The maximum Gasteiger partial charge on any atom is 0.364 e. The number of hydrogen-bond donors (Lipinski definition) is 1. The summed E-state index contributed by atoms with van der Waals surface area (Å²) < 4.78 is 27.7. The minimum absolute atomic E-state index is 0.255. The van der Waals surface area contributed by atoms with Crippen LogP contribution in [0.4, 0.5) is 8.78 Å². The Hall–Kier alpha value is -3.00. The van der Waals surface area contributed by atoms with Crippen molar-refractivity contribution in [3.63, 3.8) is 0 Å². The van der Waals surface area contributed by atoms with E-state index in [0.717, 1.165) is 5.52 Å². The summed E-state index contributed by atoms with van der Waals surface area (Å²) in [5.74, 6) is -3.30. The molecule has 0 saturated carbocycles. The fraction of sp³-hybridized carbons (Fsp3) is 0.0625. The minimum atomic E-state index is -1.20. The highest BCUT2D eigenvalue weighted by molar-refractivity contribution is 6.33. The maximum atomic E-state index is 13.2. The van der Waals surface area contributed by atoms with E-state index >= 15 is 0 Å². The molecule has 0 fully saturated rings. The van der Waals surface area contributed by atoms with Crippen LogP contribution in [-0.4, -0.2) is 21.0 Å². The molecule has 3 rings (SSSR count). The maximum absolute atomic E-state index is 13.2. The fourth-order valence-corrected chi connectivity index (χ4v) is 2.28. The number of carbonyl (C=O) groups is 1. The monoisotopic (exact) mass is 364 g/mol. The molecule has 0 bridgehead atoms. The van der Waals surface area contributed by atoms with E-state index in [9.17, 15) is 13.6 Å². The van der Waals surface area contributed by atoms with Crippen LogP contribution in [0.5, 0.6) is 0 Å². The van der Waals surface area contributed by atoms with E-state index < -0.39 is 17.6 Å². The van der Waals surface area contributed by atoms with Gasteiger partial charge in [0.1, 0.15) is 5.52 Å². The molecule has 3 aromatic rings. The second kappa shape index (κ2) is 6.86. The quantitative estimate of drug-likeness (QED) is 0.566. The zero-order valence-corrected chi connectivity index (χ0v) is 13.6. The van der Waals surface area contributed by atoms with Crippen LogP contribution in [-0.2, 0) is 4.84 Å². The van der Waals surface area contributed by atoms with Crippen molar-refractivity contribution >= 4 is 34.8 Å². The van der Waals surface area contributed by atoms with Gasteiger partial charge in [0.2, 0.25) is 0 Å². The molecule has 25 heavy (non-hydrogen) atoms. The van der Waals surface area contributed by atoms with Gasteiger partial charge in [0.15, 0.2) is 11.6 Å². The zero-order chi connectivity index (χ0) is 18.0. The third-order valence-corrected chi connectivity index (χ3v) is 3.54. The van der Waals surface area contributed by atoms with Gasteiger partial charge in [-0.05, 0) is 31.2 Å². The van der Waals surface area contributed by atoms with Gasteiger partial charge in [-0.1, -0.05) is 28.9 Å². The number of benzene rings is 2. The van der Waals surface area contributed by atoms with Gasteiger partial charge in [-0.25, -0.2) is 23.7 Å². The molecule has 0 saturated heterocycles. The summed E-state index contributed by atoms with van der Waals surface area (Å²) in [6, 6.07) is 8.68. The number of hydrogen-bond acceptors (Lipinski definition) is 5. The Morgan fingerprint density at radius 2 is 2.00 bits per heavy atom. The van der Waals surface area contributed by atoms with Crippen LogP contribution in [0.3, 0.4) is 0 Å². The SMILES string of the molecule is CC(=Cn1nnc2ccccc21)NOC(=O)c1cc(F)c(F)cc1Cl. The highest BCUT2D eigenvalue weighted by Gasteiger charge is 2.16. The summed E-state index contributed by atoms with van der Waals surface area (Å²) in [5.41, 5.74) is 3.98. The van der Waals surface area contributed by atoms with Crippen LogP contribution in [0.1, 0.15) is 17.3 Å². The van der Waals surface area contributed by atoms with Crippen molar-refractivity contribution in [2.75, 3.05) is 0 Å². The number of halogens is 3. The molecule has 128 valence electrons. The first-order valence-electron chi connectivity index (χ1n) is 7.06. The van der Waals surface area contributed by atoms with E-state index in [1.807, 2.05) is 18.2 Å². The first-order valence-corrected chi connectivity index (χ1v) is 7.43. The van der Waals surface area contributed by atoms with Crippen LogP contribution >= 0.6 is 11.6 Å². The van der Waals surface area contributed by atoms with Crippen molar-refractivity contribution in [1.29, 1.82) is 0 Å². The molecule has 6 nitrogen and oxygen atoms in total. The first kappa shape index (κ1) is 16.8. The Kier molecular flexibility index (Phi) is 4.62. The van der Waals surface area contributed by atoms with Gasteiger partial charge in [-0.3, -0.25) is 0 Å². The molecule has 0 radical (unpaired) electrons. The number of nitrogens with zero attached hydrogens (tertiary/aromatic N) is 3. The van der Waals surface area contributed by atoms with Crippen LogP contribution in [0.25, 0.3) is 17.2 Å². The van der Waals surface area contributed by atoms with Gasteiger partial charge in [0.05, 0.1) is 28.0 Å². The van der Waals surface area contributed by atoms with Crippen LogP contribution in [0, 0.1) is 11.6 Å². The summed E-state index contributed by atoms with van der Waals surface area (Å²) in [5, 5.41) is 7.68. The highest BCUT2D eigenvalue weighted by atomic mass is 35.5. The summed E-state index contributed by atoms with van der Waals surface area (Å²) >= 11 is 5.72. The Morgan fingerprint density at radius 3 is 2.80 bits per heavy atom. The molecule has 0 aliphatic heterocycles. The lowest BCUT2D eigenvalue weighted by Crippen LogP contribution is -2.19. The second-order valence-corrected chi connectivity index (χ2v) is 5.48. The Bertz CT molecular complexity index is 987. The molecule has 0 aliphatic carbocycles. The Labute approximate surface area is 145 Å². The average Bonchev–Trinajstić information content (AvgIpc) is 2.99. The second-order valence-electron chi connectivity index (χ2n) is 5.07.